The lowest BCUT2D eigenvalue weighted by Crippen LogP contribution is -2.53. The van der Waals surface area contributed by atoms with Gasteiger partial charge in [0.15, 0.2) is 4.67 Å². The van der Waals surface area contributed by atoms with Crippen molar-refractivity contribution in [3.05, 3.63) is 22.6 Å². The second-order valence-electron chi connectivity index (χ2n) is 4.49. The first kappa shape index (κ1) is 14.5. The highest BCUT2D eigenvalue weighted by Gasteiger charge is 2.41. The highest BCUT2D eigenvalue weighted by Crippen LogP contribution is 2.39. The molecule has 1 heterocycles. The molecule has 0 spiro atoms. The van der Waals surface area contributed by atoms with Crippen LogP contribution in [0.3, 0.4) is 0 Å². The van der Waals surface area contributed by atoms with Crippen LogP contribution in [0.25, 0.3) is 0 Å². The zero-order valence-corrected chi connectivity index (χ0v) is 11.9. The molecule has 1 unspecified atom stereocenters. The van der Waals surface area contributed by atoms with Crippen LogP contribution in [0.2, 0.25) is 0 Å². The molecule has 1 aromatic rings. The molecule has 0 bridgehead atoms. The summed E-state index contributed by atoms with van der Waals surface area (Å²) in [6.07, 6.45) is 3.72. The summed E-state index contributed by atoms with van der Waals surface area (Å²) in [5, 5.41) is 2.99. The molecule has 17 heavy (non-hydrogen) atoms. The summed E-state index contributed by atoms with van der Waals surface area (Å²) in [6.45, 7) is 2.46. The number of hydrogen-bond donors (Lipinski definition) is 2. The van der Waals surface area contributed by atoms with Crippen LogP contribution in [-0.2, 0) is 0 Å². The van der Waals surface area contributed by atoms with E-state index in [1.54, 1.807) is 6.07 Å². The first-order chi connectivity index (χ1) is 7.55. The Morgan fingerprint density at radius 1 is 1.71 bits per heavy atom. The fourth-order valence-corrected chi connectivity index (χ4v) is 2.14. The maximum absolute atomic E-state index is 11.9. The third-order valence-electron chi connectivity index (χ3n) is 3.13. The minimum Gasteiger partial charge on any atom is -0.457 e. The molecule has 2 rings (SSSR count). The van der Waals surface area contributed by atoms with Gasteiger partial charge in [-0.05, 0) is 41.6 Å². The topological polar surface area (TPSA) is 68.3 Å². The van der Waals surface area contributed by atoms with Crippen LogP contribution >= 0.6 is 28.3 Å². The third-order valence-corrected chi connectivity index (χ3v) is 3.55. The van der Waals surface area contributed by atoms with Crippen molar-refractivity contribution in [2.24, 2.45) is 11.7 Å². The Labute approximate surface area is 115 Å². The maximum Gasteiger partial charge on any atom is 0.255 e. The molecule has 1 aliphatic carbocycles. The number of carbonyl (C=O) groups is 1. The Hall–Kier alpha value is -0.520. The van der Waals surface area contributed by atoms with Gasteiger partial charge in [0.1, 0.15) is 6.26 Å². The van der Waals surface area contributed by atoms with Gasteiger partial charge in [-0.3, -0.25) is 4.79 Å². The number of nitrogens with two attached hydrogens (primary N) is 1. The van der Waals surface area contributed by atoms with Gasteiger partial charge in [-0.1, -0.05) is 0 Å². The Bertz CT molecular complexity index is 406. The van der Waals surface area contributed by atoms with E-state index in [1.807, 2.05) is 6.92 Å². The number of nitrogens with one attached hydrogen (secondary N) is 1. The summed E-state index contributed by atoms with van der Waals surface area (Å²) in [6, 6.07) is 1.65. The van der Waals surface area contributed by atoms with Crippen LogP contribution in [0.5, 0.6) is 0 Å². The molecular formula is C11H16BrClN2O2. The highest BCUT2D eigenvalue weighted by atomic mass is 79.9. The lowest BCUT2D eigenvalue weighted by Gasteiger charge is -2.29. The van der Waals surface area contributed by atoms with E-state index in [0.717, 1.165) is 12.8 Å². The van der Waals surface area contributed by atoms with Crippen LogP contribution in [0.4, 0.5) is 0 Å². The number of rotatable bonds is 4. The normalized spacial score (nSPS) is 18.1. The molecule has 4 nitrogen and oxygen atoms in total. The van der Waals surface area contributed by atoms with Gasteiger partial charge in [0, 0.05) is 12.6 Å². The van der Waals surface area contributed by atoms with Gasteiger partial charge in [-0.25, -0.2) is 0 Å². The molecule has 0 saturated heterocycles. The molecule has 1 atom stereocenters. The van der Waals surface area contributed by atoms with Crippen molar-refractivity contribution in [3.8, 4) is 0 Å². The number of furan rings is 1. The van der Waals surface area contributed by atoms with E-state index in [9.17, 15) is 4.79 Å². The van der Waals surface area contributed by atoms with Crippen molar-refractivity contribution in [1.82, 2.24) is 5.32 Å². The average Bonchev–Trinajstić information content (AvgIpc) is 3.02. The monoisotopic (exact) mass is 322 g/mol. The first-order valence-electron chi connectivity index (χ1n) is 5.32. The molecule has 0 radical (unpaired) electrons. The summed E-state index contributed by atoms with van der Waals surface area (Å²) in [5.41, 5.74) is 5.96. The van der Waals surface area contributed by atoms with E-state index in [4.69, 9.17) is 10.2 Å². The van der Waals surface area contributed by atoms with Crippen LogP contribution < -0.4 is 11.1 Å². The zero-order chi connectivity index (χ0) is 11.8. The second-order valence-corrected chi connectivity index (χ2v) is 5.27. The Morgan fingerprint density at radius 2 is 2.35 bits per heavy atom. The summed E-state index contributed by atoms with van der Waals surface area (Å²) < 4.78 is 5.59. The van der Waals surface area contributed by atoms with E-state index in [0.29, 0.717) is 22.7 Å². The van der Waals surface area contributed by atoms with Crippen molar-refractivity contribution in [1.29, 1.82) is 0 Å². The quantitative estimate of drug-likeness (QED) is 0.893. The average molecular weight is 324 g/mol. The van der Waals surface area contributed by atoms with Crippen LogP contribution in [0.15, 0.2) is 21.4 Å². The van der Waals surface area contributed by atoms with E-state index in [-0.39, 0.29) is 23.9 Å². The Morgan fingerprint density at radius 3 is 2.76 bits per heavy atom. The van der Waals surface area contributed by atoms with Crippen molar-refractivity contribution >= 4 is 34.2 Å². The van der Waals surface area contributed by atoms with Crippen LogP contribution in [0, 0.1) is 5.92 Å². The summed E-state index contributed by atoms with van der Waals surface area (Å²) in [5.74, 6) is 0.381. The van der Waals surface area contributed by atoms with E-state index in [2.05, 4.69) is 21.2 Å². The minimum absolute atomic E-state index is 0. The van der Waals surface area contributed by atoms with Gasteiger partial charge in [0.25, 0.3) is 5.91 Å². The maximum atomic E-state index is 11.9. The predicted octanol–water partition coefficient (Wildman–Crippen LogP) is 2.32. The lowest BCUT2D eigenvalue weighted by atomic mass is 9.95. The zero-order valence-electron chi connectivity index (χ0n) is 9.53. The summed E-state index contributed by atoms with van der Waals surface area (Å²) in [4.78, 5) is 11.9. The fourth-order valence-electron chi connectivity index (χ4n) is 1.80. The molecule has 1 aliphatic rings. The van der Waals surface area contributed by atoms with Crippen LogP contribution in [0.1, 0.15) is 30.1 Å². The molecule has 6 heteroatoms. The molecule has 3 N–H and O–H groups in total. The Kier molecular flexibility index (Phi) is 4.63. The summed E-state index contributed by atoms with van der Waals surface area (Å²) >= 11 is 3.17. The van der Waals surface area contributed by atoms with Crippen molar-refractivity contribution in [2.75, 3.05) is 6.54 Å². The standard InChI is InChI=1S/C11H15BrN2O2.ClH/c1-11(6-13,8-2-3-8)14-10(15)7-4-9(12)16-5-7;/h4-5,8H,2-3,6,13H2,1H3,(H,14,15);1H. The molecule has 96 valence electrons. The molecular weight excluding hydrogens is 307 g/mol. The van der Waals surface area contributed by atoms with Gasteiger partial charge in [-0.2, -0.15) is 0 Å². The predicted molar refractivity (Wildman–Crippen MR) is 71.3 cm³/mol. The molecule has 1 amide bonds. The minimum atomic E-state index is -0.291. The summed E-state index contributed by atoms with van der Waals surface area (Å²) in [7, 11) is 0. The van der Waals surface area contributed by atoms with Gasteiger partial charge >= 0.3 is 0 Å². The number of carbonyl (C=O) groups excluding carboxylic acids is 1. The van der Waals surface area contributed by atoms with Crippen LogP contribution in [-0.4, -0.2) is 18.0 Å². The molecule has 1 saturated carbocycles. The number of hydrogen-bond acceptors (Lipinski definition) is 3. The number of amides is 1. The second kappa shape index (κ2) is 5.42. The van der Waals surface area contributed by atoms with Crippen molar-refractivity contribution in [2.45, 2.75) is 25.3 Å². The van der Waals surface area contributed by atoms with Crippen molar-refractivity contribution < 1.29 is 9.21 Å². The van der Waals surface area contributed by atoms with Gasteiger partial charge in [0.05, 0.1) is 11.1 Å². The van der Waals surface area contributed by atoms with E-state index in [1.165, 1.54) is 6.26 Å². The van der Waals surface area contributed by atoms with Gasteiger partial charge in [-0.15, -0.1) is 12.4 Å². The van der Waals surface area contributed by atoms with E-state index < -0.39 is 0 Å². The molecule has 1 fully saturated rings. The smallest absolute Gasteiger partial charge is 0.255 e. The molecule has 0 aliphatic heterocycles. The third kappa shape index (κ3) is 3.24. The Balaban J connectivity index is 0.00000144. The van der Waals surface area contributed by atoms with Crippen molar-refractivity contribution in [3.63, 3.8) is 0 Å². The largest absolute Gasteiger partial charge is 0.457 e. The van der Waals surface area contributed by atoms with Gasteiger partial charge in [0.2, 0.25) is 0 Å². The molecule has 1 aromatic heterocycles. The fraction of sp³-hybridized carbons (Fsp3) is 0.545. The molecule has 0 aromatic carbocycles. The highest BCUT2D eigenvalue weighted by molar-refractivity contribution is 9.10. The van der Waals surface area contributed by atoms with E-state index >= 15 is 0 Å². The first-order valence-corrected chi connectivity index (χ1v) is 6.11. The van der Waals surface area contributed by atoms with Gasteiger partial charge < -0.3 is 15.5 Å². The lowest BCUT2D eigenvalue weighted by molar-refractivity contribution is 0.0897. The SMILES string of the molecule is CC(CN)(NC(=O)c1coc(Br)c1)C1CC1.Cl. The number of halogens is 2.